The van der Waals surface area contributed by atoms with E-state index in [9.17, 15) is 4.79 Å². The van der Waals surface area contributed by atoms with E-state index in [1.807, 2.05) is 0 Å². The van der Waals surface area contributed by atoms with Gasteiger partial charge in [-0.15, -0.1) is 0 Å². The van der Waals surface area contributed by atoms with E-state index in [4.69, 9.17) is 0 Å². The van der Waals surface area contributed by atoms with Crippen LogP contribution in [-0.2, 0) is 4.79 Å². The molecule has 10 heavy (non-hydrogen) atoms. The average Bonchev–Trinajstić information content (AvgIpc) is 2.36. The molecule has 4 nitrogen and oxygen atoms in total. The van der Waals surface area contributed by atoms with E-state index in [2.05, 4.69) is 15.8 Å². The van der Waals surface area contributed by atoms with Crippen molar-refractivity contribution in [1.82, 2.24) is 10.9 Å². The highest BCUT2D eigenvalue weighted by atomic mass is 16.1. The van der Waals surface area contributed by atoms with E-state index in [1.165, 1.54) is 6.21 Å². The third-order valence-corrected chi connectivity index (χ3v) is 1.61. The second-order valence-electron chi connectivity index (χ2n) is 2.29. The maximum atomic E-state index is 11.0. The second kappa shape index (κ2) is 1.91. The summed E-state index contributed by atoms with van der Waals surface area (Å²) in [5.74, 6) is -0.0220. The molecule has 0 amide bonds. The Kier molecular flexibility index (Phi) is 1.07. The fourth-order valence-electron chi connectivity index (χ4n) is 1.09. The number of carbonyl (C=O) groups is 1. The molecule has 0 saturated carbocycles. The molecule has 0 aromatic rings. The minimum Gasteiger partial charge on any atom is -0.318 e. The van der Waals surface area contributed by atoms with Crippen LogP contribution in [0.1, 0.15) is 0 Å². The van der Waals surface area contributed by atoms with Gasteiger partial charge in [0.25, 0.3) is 0 Å². The first-order valence-electron chi connectivity index (χ1n) is 3.13. The van der Waals surface area contributed by atoms with Crippen molar-refractivity contribution in [1.29, 1.82) is 0 Å². The minimum atomic E-state index is -0.0220. The Labute approximate surface area is 58.0 Å². The summed E-state index contributed by atoms with van der Waals surface area (Å²) in [7, 11) is 0. The maximum Gasteiger partial charge on any atom is 0.220 e. The van der Waals surface area contributed by atoms with Crippen LogP contribution in [0.15, 0.2) is 16.3 Å². The normalized spacial score (nSPS) is 23.0. The van der Waals surface area contributed by atoms with Crippen LogP contribution in [0.25, 0.3) is 0 Å². The van der Waals surface area contributed by atoms with Crippen molar-refractivity contribution < 1.29 is 4.79 Å². The van der Waals surface area contributed by atoms with E-state index in [0.29, 0.717) is 12.2 Å². The molecule has 0 aliphatic carbocycles. The number of allylic oxidation sites excluding steroid dienone is 1. The zero-order chi connectivity index (χ0) is 6.97. The van der Waals surface area contributed by atoms with E-state index in [0.717, 1.165) is 12.1 Å². The number of hydrogen-bond acceptors (Lipinski definition) is 4. The Bertz CT molecular complexity index is 241. The van der Waals surface area contributed by atoms with Crippen molar-refractivity contribution in [3.63, 3.8) is 0 Å². The summed E-state index contributed by atoms with van der Waals surface area (Å²) in [6.07, 6.45) is 1.36. The van der Waals surface area contributed by atoms with Gasteiger partial charge in [0.05, 0.1) is 12.8 Å². The van der Waals surface area contributed by atoms with Crippen LogP contribution in [0, 0.1) is 0 Å². The van der Waals surface area contributed by atoms with Crippen molar-refractivity contribution in [3.05, 3.63) is 11.3 Å². The van der Waals surface area contributed by atoms with Crippen molar-refractivity contribution in [2.45, 2.75) is 0 Å². The van der Waals surface area contributed by atoms with E-state index < -0.39 is 0 Å². The van der Waals surface area contributed by atoms with Gasteiger partial charge >= 0.3 is 0 Å². The molecule has 52 valence electrons. The summed E-state index contributed by atoms with van der Waals surface area (Å²) in [4.78, 5) is 14.9. The summed E-state index contributed by atoms with van der Waals surface area (Å²) in [6.45, 7) is 1.39. The monoisotopic (exact) mass is 137 g/mol. The molecular formula is C6H7N3O. The SMILES string of the molecule is O=C1C=NCC2=C1NNC2. The Morgan fingerprint density at radius 1 is 1.60 bits per heavy atom. The molecule has 2 rings (SSSR count). The standard InChI is InChI=1S/C6H7N3O/c10-5-3-7-1-4-2-8-9-6(4)5/h3,8-9H,1-2H2. The molecule has 2 aliphatic rings. The van der Waals surface area contributed by atoms with E-state index in [1.54, 1.807) is 0 Å². The molecule has 0 atom stereocenters. The Morgan fingerprint density at radius 2 is 2.50 bits per heavy atom. The van der Waals surface area contributed by atoms with Gasteiger partial charge in [-0.05, 0) is 5.57 Å². The summed E-state index contributed by atoms with van der Waals surface area (Å²) in [5, 5.41) is 0. The van der Waals surface area contributed by atoms with Crippen LogP contribution in [0.4, 0.5) is 0 Å². The van der Waals surface area contributed by atoms with Gasteiger partial charge < -0.3 is 5.43 Å². The van der Waals surface area contributed by atoms with Crippen molar-refractivity contribution in [2.75, 3.05) is 13.1 Å². The molecule has 2 heterocycles. The molecule has 0 unspecified atom stereocenters. The summed E-state index contributed by atoms with van der Waals surface area (Å²) in [6, 6.07) is 0. The van der Waals surface area contributed by atoms with Gasteiger partial charge in [-0.2, -0.15) is 0 Å². The molecule has 0 aromatic heterocycles. The number of Topliss-reactive ketones (excluding diaryl/α,β-unsaturated/α-hetero) is 1. The number of dihydropyridines is 1. The van der Waals surface area contributed by atoms with Gasteiger partial charge in [-0.3, -0.25) is 9.79 Å². The molecule has 4 heteroatoms. The fourth-order valence-corrected chi connectivity index (χ4v) is 1.09. The lowest BCUT2D eigenvalue weighted by molar-refractivity contribution is -0.109. The van der Waals surface area contributed by atoms with E-state index in [-0.39, 0.29) is 5.78 Å². The molecule has 0 bridgehead atoms. The fraction of sp³-hybridized carbons (Fsp3) is 0.333. The van der Waals surface area contributed by atoms with Crippen LogP contribution >= 0.6 is 0 Å². The molecule has 0 aromatic carbocycles. The smallest absolute Gasteiger partial charge is 0.220 e. The first-order valence-corrected chi connectivity index (χ1v) is 3.13. The van der Waals surface area contributed by atoms with Crippen molar-refractivity contribution in [2.24, 2.45) is 4.99 Å². The van der Waals surface area contributed by atoms with Crippen LogP contribution in [0.3, 0.4) is 0 Å². The summed E-state index contributed by atoms with van der Waals surface area (Å²) in [5.41, 5.74) is 7.42. The average molecular weight is 137 g/mol. The number of carbonyl (C=O) groups excluding carboxylic acids is 1. The van der Waals surface area contributed by atoms with Crippen LogP contribution < -0.4 is 10.9 Å². The summed E-state index contributed by atoms with van der Waals surface area (Å²) >= 11 is 0. The van der Waals surface area contributed by atoms with Crippen molar-refractivity contribution in [3.8, 4) is 0 Å². The third kappa shape index (κ3) is 0.657. The molecule has 0 radical (unpaired) electrons. The number of nitrogens with zero attached hydrogens (tertiary/aromatic N) is 1. The molecule has 2 aliphatic heterocycles. The first kappa shape index (κ1) is 5.61. The summed E-state index contributed by atoms with van der Waals surface area (Å²) < 4.78 is 0. The maximum absolute atomic E-state index is 11.0. The molecule has 0 fully saturated rings. The Hall–Kier alpha value is -1.16. The number of nitrogens with one attached hydrogen (secondary N) is 2. The van der Waals surface area contributed by atoms with Gasteiger partial charge in [0.15, 0.2) is 0 Å². The highest BCUT2D eigenvalue weighted by Gasteiger charge is 2.20. The second-order valence-corrected chi connectivity index (χ2v) is 2.29. The quantitative estimate of drug-likeness (QED) is 0.450. The Balaban J connectivity index is 2.35. The lowest BCUT2D eigenvalue weighted by Crippen LogP contribution is -2.27. The number of aliphatic imine (C=N–C) groups is 1. The van der Waals surface area contributed by atoms with Gasteiger partial charge in [0.1, 0.15) is 5.70 Å². The first-order chi connectivity index (χ1) is 4.88. The number of hydrazine groups is 1. The van der Waals surface area contributed by atoms with Gasteiger partial charge in [0, 0.05) is 6.54 Å². The van der Waals surface area contributed by atoms with E-state index >= 15 is 0 Å². The predicted octanol–water partition coefficient (Wildman–Crippen LogP) is -0.998. The van der Waals surface area contributed by atoms with Gasteiger partial charge in [0.2, 0.25) is 5.78 Å². The van der Waals surface area contributed by atoms with Crippen LogP contribution in [0.2, 0.25) is 0 Å². The van der Waals surface area contributed by atoms with Gasteiger partial charge in [-0.25, -0.2) is 5.43 Å². The zero-order valence-electron chi connectivity index (χ0n) is 5.35. The van der Waals surface area contributed by atoms with Crippen LogP contribution in [-0.4, -0.2) is 25.1 Å². The minimum absolute atomic E-state index is 0.0220. The number of ketones is 1. The molecule has 2 N–H and O–H groups in total. The highest BCUT2D eigenvalue weighted by molar-refractivity contribution is 6.35. The predicted molar refractivity (Wildman–Crippen MR) is 36.5 cm³/mol. The largest absolute Gasteiger partial charge is 0.318 e. The molecule has 0 spiro atoms. The zero-order valence-corrected chi connectivity index (χ0v) is 5.35. The number of rotatable bonds is 0. The topological polar surface area (TPSA) is 53.5 Å². The van der Waals surface area contributed by atoms with Gasteiger partial charge in [-0.1, -0.05) is 0 Å². The lowest BCUT2D eigenvalue weighted by Gasteiger charge is -2.03. The highest BCUT2D eigenvalue weighted by Crippen LogP contribution is 2.09. The Morgan fingerprint density at radius 3 is 3.30 bits per heavy atom. The molecular weight excluding hydrogens is 130 g/mol. The number of hydrogen-bond donors (Lipinski definition) is 2. The third-order valence-electron chi connectivity index (χ3n) is 1.61. The van der Waals surface area contributed by atoms with Crippen molar-refractivity contribution >= 4 is 12.0 Å². The van der Waals surface area contributed by atoms with Crippen LogP contribution in [0.5, 0.6) is 0 Å². The lowest BCUT2D eigenvalue weighted by atomic mass is 10.1. The molecule has 0 saturated heterocycles.